The molecule has 3 rings (SSSR count). The lowest BCUT2D eigenvalue weighted by Crippen LogP contribution is -2.05. The second-order valence-electron chi connectivity index (χ2n) is 6.09. The fraction of sp³-hybridized carbons (Fsp3) is 0.625. The van der Waals surface area contributed by atoms with Crippen LogP contribution in [0.3, 0.4) is 0 Å². The van der Waals surface area contributed by atoms with Gasteiger partial charge in [-0.3, -0.25) is 0 Å². The molecule has 0 amide bonds. The van der Waals surface area contributed by atoms with Gasteiger partial charge >= 0.3 is 0 Å². The smallest absolute Gasteiger partial charge is 0.165 e. The van der Waals surface area contributed by atoms with Gasteiger partial charge in [-0.1, -0.05) is 19.9 Å². The normalized spacial score (nSPS) is 22.3. The first-order valence-corrected chi connectivity index (χ1v) is 7.11. The highest BCUT2D eigenvalue weighted by atomic mass is 19.1. The molecule has 1 fully saturated rings. The Kier molecular flexibility index (Phi) is 3.04. The summed E-state index contributed by atoms with van der Waals surface area (Å²) in [6.45, 7) is 5.18. The molecule has 2 aliphatic carbocycles. The molecule has 0 radical (unpaired) electrons. The summed E-state index contributed by atoms with van der Waals surface area (Å²) in [6.07, 6.45) is 4.59. The standard InChI is InChI=1S/C16H21FO/c1-10(2)12-5-6-14-13(12)7-8-15(17)16(14)18-9-11-3-4-11/h7-8,10-12H,3-6,9H2,1-2H3/t12-/m1/s1. The van der Waals surface area contributed by atoms with Crippen molar-refractivity contribution in [2.75, 3.05) is 6.61 Å². The largest absolute Gasteiger partial charge is 0.490 e. The number of rotatable bonds is 4. The molecule has 0 unspecified atom stereocenters. The highest BCUT2D eigenvalue weighted by Gasteiger charge is 2.30. The lowest BCUT2D eigenvalue weighted by atomic mass is 9.90. The summed E-state index contributed by atoms with van der Waals surface area (Å²) in [5.41, 5.74) is 2.45. The molecule has 0 aromatic heterocycles. The maximum Gasteiger partial charge on any atom is 0.165 e. The second kappa shape index (κ2) is 4.56. The molecule has 1 aromatic carbocycles. The average Bonchev–Trinajstić information content (AvgIpc) is 3.05. The third-order valence-corrected chi connectivity index (χ3v) is 4.32. The van der Waals surface area contributed by atoms with Crippen LogP contribution in [0.15, 0.2) is 12.1 Å². The van der Waals surface area contributed by atoms with Gasteiger partial charge in [0.25, 0.3) is 0 Å². The third kappa shape index (κ3) is 2.13. The number of fused-ring (bicyclic) bond motifs is 1. The van der Waals surface area contributed by atoms with Gasteiger partial charge in [0, 0.05) is 5.56 Å². The predicted octanol–water partition coefficient (Wildman–Crippen LogP) is 4.30. The summed E-state index contributed by atoms with van der Waals surface area (Å²) in [6, 6.07) is 3.55. The summed E-state index contributed by atoms with van der Waals surface area (Å²) in [5, 5.41) is 0. The van der Waals surface area contributed by atoms with Crippen LogP contribution in [-0.2, 0) is 6.42 Å². The molecule has 0 spiro atoms. The van der Waals surface area contributed by atoms with Crippen LogP contribution >= 0.6 is 0 Å². The minimum atomic E-state index is -0.182. The zero-order valence-corrected chi connectivity index (χ0v) is 11.2. The van der Waals surface area contributed by atoms with E-state index in [4.69, 9.17) is 4.74 Å². The number of hydrogen-bond acceptors (Lipinski definition) is 1. The first kappa shape index (κ1) is 12.0. The molecule has 0 N–H and O–H groups in total. The highest BCUT2D eigenvalue weighted by Crippen LogP contribution is 2.43. The van der Waals surface area contributed by atoms with E-state index in [1.54, 1.807) is 6.07 Å². The maximum atomic E-state index is 13.9. The number of benzene rings is 1. The van der Waals surface area contributed by atoms with Crippen molar-refractivity contribution in [3.05, 3.63) is 29.1 Å². The van der Waals surface area contributed by atoms with Crippen molar-refractivity contribution >= 4 is 0 Å². The summed E-state index contributed by atoms with van der Waals surface area (Å²) >= 11 is 0. The molecule has 0 aliphatic heterocycles. The van der Waals surface area contributed by atoms with Crippen LogP contribution in [0.4, 0.5) is 4.39 Å². The second-order valence-corrected chi connectivity index (χ2v) is 6.09. The van der Waals surface area contributed by atoms with Crippen LogP contribution < -0.4 is 4.74 Å². The van der Waals surface area contributed by atoms with Crippen molar-refractivity contribution in [1.82, 2.24) is 0 Å². The van der Waals surface area contributed by atoms with E-state index in [2.05, 4.69) is 13.8 Å². The molecule has 1 aromatic rings. The lowest BCUT2D eigenvalue weighted by molar-refractivity contribution is 0.282. The van der Waals surface area contributed by atoms with E-state index in [9.17, 15) is 4.39 Å². The third-order valence-electron chi connectivity index (χ3n) is 4.32. The summed E-state index contributed by atoms with van der Waals surface area (Å²) in [4.78, 5) is 0. The molecule has 2 aliphatic rings. The van der Waals surface area contributed by atoms with E-state index in [-0.39, 0.29) is 5.82 Å². The molecule has 98 valence electrons. The van der Waals surface area contributed by atoms with E-state index in [1.165, 1.54) is 18.4 Å². The fourth-order valence-corrected chi connectivity index (χ4v) is 3.01. The average molecular weight is 248 g/mol. The van der Waals surface area contributed by atoms with Crippen molar-refractivity contribution in [3.8, 4) is 5.75 Å². The number of hydrogen-bond donors (Lipinski definition) is 0. The van der Waals surface area contributed by atoms with Gasteiger partial charge in [-0.15, -0.1) is 0 Å². The van der Waals surface area contributed by atoms with Crippen molar-refractivity contribution in [1.29, 1.82) is 0 Å². The SMILES string of the molecule is CC(C)[C@H]1CCc2c1ccc(F)c2OCC1CC1. The van der Waals surface area contributed by atoms with Gasteiger partial charge in [-0.05, 0) is 55.1 Å². The summed E-state index contributed by atoms with van der Waals surface area (Å²) < 4.78 is 19.7. The van der Waals surface area contributed by atoms with Gasteiger partial charge < -0.3 is 4.74 Å². The Balaban J connectivity index is 1.88. The minimum absolute atomic E-state index is 0.182. The Morgan fingerprint density at radius 3 is 2.72 bits per heavy atom. The topological polar surface area (TPSA) is 9.23 Å². The van der Waals surface area contributed by atoms with E-state index in [0.717, 1.165) is 18.4 Å². The molecule has 0 saturated heterocycles. The van der Waals surface area contributed by atoms with Crippen LogP contribution in [0.5, 0.6) is 5.75 Å². The molecule has 1 atom stereocenters. The highest BCUT2D eigenvalue weighted by molar-refractivity contribution is 5.46. The molecule has 0 heterocycles. The van der Waals surface area contributed by atoms with E-state index in [0.29, 0.717) is 30.1 Å². The van der Waals surface area contributed by atoms with Crippen LogP contribution in [0.1, 0.15) is 50.2 Å². The van der Waals surface area contributed by atoms with Crippen LogP contribution in [0, 0.1) is 17.7 Å². The Hall–Kier alpha value is -1.05. The molecule has 1 nitrogen and oxygen atoms in total. The van der Waals surface area contributed by atoms with Gasteiger partial charge in [-0.25, -0.2) is 4.39 Å². The molecular weight excluding hydrogens is 227 g/mol. The van der Waals surface area contributed by atoms with Crippen molar-refractivity contribution in [2.45, 2.75) is 45.4 Å². The first-order chi connectivity index (χ1) is 8.66. The molecule has 1 saturated carbocycles. The molecule has 18 heavy (non-hydrogen) atoms. The van der Waals surface area contributed by atoms with E-state index in [1.807, 2.05) is 6.07 Å². The zero-order valence-electron chi connectivity index (χ0n) is 11.2. The van der Waals surface area contributed by atoms with Gasteiger partial charge in [0.1, 0.15) is 0 Å². The Morgan fingerprint density at radius 1 is 1.28 bits per heavy atom. The lowest BCUT2D eigenvalue weighted by Gasteiger charge is -2.17. The molecule has 0 bridgehead atoms. The Labute approximate surface area is 108 Å². The van der Waals surface area contributed by atoms with Gasteiger partial charge in [0.15, 0.2) is 11.6 Å². The van der Waals surface area contributed by atoms with Crippen LogP contribution in [0.25, 0.3) is 0 Å². The van der Waals surface area contributed by atoms with Gasteiger partial charge in [0.2, 0.25) is 0 Å². The summed E-state index contributed by atoms with van der Waals surface area (Å²) in [7, 11) is 0. The van der Waals surface area contributed by atoms with Crippen molar-refractivity contribution < 1.29 is 9.13 Å². The Morgan fingerprint density at radius 2 is 2.06 bits per heavy atom. The van der Waals surface area contributed by atoms with E-state index >= 15 is 0 Å². The van der Waals surface area contributed by atoms with Crippen molar-refractivity contribution in [3.63, 3.8) is 0 Å². The van der Waals surface area contributed by atoms with Crippen molar-refractivity contribution in [2.24, 2.45) is 11.8 Å². The number of halogens is 1. The maximum absolute atomic E-state index is 13.9. The minimum Gasteiger partial charge on any atom is -0.490 e. The van der Waals surface area contributed by atoms with E-state index < -0.39 is 0 Å². The predicted molar refractivity (Wildman–Crippen MR) is 70.5 cm³/mol. The van der Waals surface area contributed by atoms with Gasteiger partial charge in [-0.2, -0.15) is 0 Å². The van der Waals surface area contributed by atoms with Crippen LogP contribution in [-0.4, -0.2) is 6.61 Å². The van der Waals surface area contributed by atoms with Gasteiger partial charge in [0.05, 0.1) is 6.61 Å². The zero-order chi connectivity index (χ0) is 12.7. The molecule has 2 heteroatoms. The number of ether oxygens (including phenoxy) is 1. The molecular formula is C16H21FO. The monoisotopic (exact) mass is 248 g/mol. The fourth-order valence-electron chi connectivity index (χ4n) is 3.01. The van der Waals surface area contributed by atoms with Crippen LogP contribution in [0.2, 0.25) is 0 Å². The Bertz CT molecular complexity index is 449. The first-order valence-electron chi connectivity index (χ1n) is 7.11. The summed E-state index contributed by atoms with van der Waals surface area (Å²) in [5.74, 6) is 2.22. The quantitative estimate of drug-likeness (QED) is 0.772.